The molecular formula is C21H35N5. The Labute approximate surface area is 158 Å². The zero-order chi connectivity index (χ0) is 17.7. The van der Waals surface area contributed by atoms with E-state index in [1.165, 1.54) is 71.0 Å². The molecule has 2 saturated heterocycles. The zero-order valence-corrected chi connectivity index (χ0v) is 16.2. The molecule has 2 aliphatic heterocycles. The molecule has 1 aromatic heterocycles. The van der Waals surface area contributed by atoms with E-state index in [1.54, 1.807) is 0 Å². The van der Waals surface area contributed by atoms with Crippen molar-refractivity contribution < 1.29 is 0 Å². The van der Waals surface area contributed by atoms with Crippen LogP contribution < -0.4 is 10.2 Å². The molecule has 1 aromatic rings. The fraction of sp³-hybridized carbons (Fsp3) is 0.810. The van der Waals surface area contributed by atoms with E-state index < -0.39 is 0 Å². The molecule has 1 aliphatic carbocycles. The summed E-state index contributed by atoms with van der Waals surface area (Å²) in [4.78, 5) is 13.7. The maximum atomic E-state index is 4.38. The van der Waals surface area contributed by atoms with Gasteiger partial charge in [0.1, 0.15) is 0 Å². The third-order valence-corrected chi connectivity index (χ3v) is 7.18. The van der Waals surface area contributed by atoms with Gasteiger partial charge in [-0.25, -0.2) is 9.97 Å². The largest absolute Gasteiger partial charge is 0.338 e. The number of aromatic nitrogens is 2. The van der Waals surface area contributed by atoms with Crippen LogP contribution in [0.15, 0.2) is 18.5 Å². The molecule has 1 spiro atoms. The van der Waals surface area contributed by atoms with E-state index in [0.29, 0.717) is 5.41 Å². The highest BCUT2D eigenvalue weighted by atomic mass is 15.3. The smallest absolute Gasteiger partial charge is 0.225 e. The summed E-state index contributed by atoms with van der Waals surface area (Å²) in [6.45, 7) is 8.20. The topological polar surface area (TPSA) is 44.3 Å². The fourth-order valence-corrected chi connectivity index (χ4v) is 5.60. The number of piperazine rings is 1. The van der Waals surface area contributed by atoms with Crippen molar-refractivity contribution in [1.82, 2.24) is 20.2 Å². The summed E-state index contributed by atoms with van der Waals surface area (Å²) in [5.41, 5.74) is 0.715. The van der Waals surface area contributed by atoms with Crippen LogP contribution in [0.1, 0.15) is 51.4 Å². The molecule has 1 unspecified atom stereocenters. The summed E-state index contributed by atoms with van der Waals surface area (Å²) in [5, 5.41) is 3.56. The maximum Gasteiger partial charge on any atom is 0.225 e. The van der Waals surface area contributed by atoms with Crippen LogP contribution in [0, 0.1) is 11.3 Å². The fourth-order valence-electron chi connectivity index (χ4n) is 5.60. The molecule has 4 rings (SSSR count). The van der Waals surface area contributed by atoms with E-state index in [-0.39, 0.29) is 0 Å². The van der Waals surface area contributed by atoms with Crippen LogP contribution in [0.3, 0.4) is 0 Å². The Morgan fingerprint density at radius 1 is 1.00 bits per heavy atom. The summed E-state index contributed by atoms with van der Waals surface area (Å²) in [6, 6.07) is 1.89. The van der Waals surface area contributed by atoms with Crippen molar-refractivity contribution in [3.05, 3.63) is 18.5 Å². The molecule has 0 radical (unpaired) electrons. The minimum absolute atomic E-state index is 0.715. The molecular weight excluding hydrogens is 322 g/mol. The van der Waals surface area contributed by atoms with Gasteiger partial charge < -0.3 is 10.2 Å². The molecule has 1 atom stereocenters. The van der Waals surface area contributed by atoms with Crippen molar-refractivity contribution in [2.45, 2.75) is 51.4 Å². The first-order valence-electron chi connectivity index (χ1n) is 10.8. The van der Waals surface area contributed by atoms with Gasteiger partial charge in [0.2, 0.25) is 5.95 Å². The number of anilines is 1. The Kier molecular flexibility index (Phi) is 6.05. The Bertz CT molecular complexity index is 535. The minimum atomic E-state index is 0.715. The highest BCUT2D eigenvalue weighted by Gasteiger charge is 2.42. The lowest BCUT2D eigenvalue weighted by molar-refractivity contribution is 0.127. The van der Waals surface area contributed by atoms with Gasteiger partial charge in [0.15, 0.2) is 0 Å². The van der Waals surface area contributed by atoms with E-state index in [4.69, 9.17) is 0 Å². The molecule has 0 amide bonds. The zero-order valence-electron chi connectivity index (χ0n) is 16.2. The molecule has 3 fully saturated rings. The first kappa shape index (κ1) is 18.2. The molecule has 3 heterocycles. The highest BCUT2D eigenvalue weighted by Crippen LogP contribution is 2.51. The summed E-state index contributed by atoms with van der Waals surface area (Å²) < 4.78 is 0. The SMILES string of the molecule is c1cnc(N2CCN(CCCCC3CCCC34CCNCC4)CC2)nc1. The Hall–Kier alpha value is -1.20. The summed E-state index contributed by atoms with van der Waals surface area (Å²) in [6.07, 6.45) is 15.3. The summed E-state index contributed by atoms with van der Waals surface area (Å²) in [7, 11) is 0. The van der Waals surface area contributed by atoms with Gasteiger partial charge in [-0.05, 0) is 75.6 Å². The lowest BCUT2D eigenvalue weighted by atomic mass is 9.69. The average Bonchev–Trinajstić information content (AvgIpc) is 3.08. The predicted octanol–water partition coefficient (Wildman–Crippen LogP) is 2.94. The van der Waals surface area contributed by atoms with Gasteiger partial charge in [-0.3, -0.25) is 4.90 Å². The number of nitrogens with one attached hydrogen (secondary N) is 1. The van der Waals surface area contributed by atoms with Crippen LogP contribution in [-0.4, -0.2) is 60.7 Å². The quantitative estimate of drug-likeness (QED) is 0.793. The summed E-state index contributed by atoms with van der Waals surface area (Å²) >= 11 is 0. The molecule has 0 aromatic carbocycles. The van der Waals surface area contributed by atoms with E-state index in [0.717, 1.165) is 38.0 Å². The van der Waals surface area contributed by atoms with Crippen LogP contribution in [0.5, 0.6) is 0 Å². The molecule has 1 saturated carbocycles. The second-order valence-electron chi connectivity index (χ2n) is 8.57. The molecule has 26 heavy (non-hydrogen) atoms. The molecule has 3 aliphatic rings. The lowest BCUT2D eigenvalue weighted by Gasteiger charge is -2.40. The van der Waals surface area contributed by atoms with E-state index in [9.17, 15) is 0 Å². The molecule has 1 N–H and O–H groups in total. The Morgan fingerprint density at radius 2 is 1.77 bits per heavy atom. The van der Waals surface area contributed by atoms with Crippen LogP contribution in [0.25, 0.3) is 0 Å². The van der Waals surface area contributed by atoms with Gasteiger partial charge in [0.25, 0.3) is 0 Å². The Balaban J connectivity index is 1.15. The standard InChI is InChI=1S/C21H35N5/c1(5-19-6-3-7-21(19)8-12-22-13-9-21)2-14-25-15-17-26(18-16-25)20-23-10-4-11-24-20/h4,10-11,19,22H,1-3,5-9,12-18H2. The molecule has 5 heteroatoms. The normalized spacial score (nSPS) is 26.5. The van der Waals surface area contributed by atoms with Crippen molar-refractivity contribution in [2.75, 3.05) is 50.7 Å². The van der Waals surface area contributed by atoms with Gasteiger partial charge >= 0.3 is 0 Å². The number of unbranched alkanes of at least 4 members (excludes halogenated alkanes) is 1. The number of hydrogen-bond donors (Lipinski definition) is 1. The maximum absolute atomic E-state index is 4.38. The van der Waals surface area contributed by atoms with E-state index >= 15 is 0 Å². The number of rotatable bonds is 6. The third-order valence-electron chi connectivity index (χ3n) is 7.18. The van der Waals surface area contributed by atoms with Gasteiger partial charge in [-0.2, -0.15) is 0 Å². The third kappa shape index (κ3) is 4.20. The average molecular weight is 358 g/mol. The van der Waals surface area contributed by atoms with Crippen molar-refractivity contribution in [1.29, 1.82) is 0 Å². The predicted molar refractivity (Wildman–Crippen MR) is 106 cm³/mol. The lowest BCUT2D eigenvalue weighted by Crippen LogP contribution is -2.47. The highest BCUT2D eigenvalue weighted by molar-refractivity contribution is 5.29. The van der Waals surface area contributed by atoms with E-state index in [1.807, 2.05) is 18.5 Å². The minimum Gasteiger partial charge on any atom is -0.338 e. The number of piperidine rings is 1. The molecule has 144 valence electrons. The summed E-state index contributed by atoms with van der Waals surface area (Å²) in [5.74, 6) is 1.90. The molecule has 0 bridgehead atoms. The van der Waals surface area contributed by atoms with Crippen molar-refractivity contribution in [3.63, 3.8) is 0 Å². The second-order valence-corrected chi connectivity index (χ2v) is 8.57. The number of hydrogen-bond acceptors (Lipinski definition) is 5. The van der Waals surface area contributed by atoms with Crippen molar-refractivity contribution >= 4 is 5.95 Å². The first-order valence-corrected chi connectivity index (χ1v) is 10.8. The second kappa shape index (κ2) is 8.66. The van der Waals surface area contributed by atoms with Crippen LogP contribution in [0.4, 0.5) is 5.95 Å². The van der Waals surface area contributed by atoms with Crippen molar-refractivity contribution in [3.8, 4) is 0 Å². The first-order chi connectivity index (χ1) is 12.9. The monoisotopic (exact) mass is 357 g/mol. The van der Waals surface area contributed by atoms with Gasteiger partial charge in [-0.15, -0.1) is 0 Å². The van der Waals surface area contributed by atoms with E-state index in [2.05, 4.69) is 25.1 Å². The van der Waals surface area contributed by atoms with Crippen molar-refractivity contribution in [2.24, 2.45) is 11.3 Å². The van der Waals surface area contributed by atoms with Crippen LogP contribution in [0.2, 0.25) is 0 Å². The van der Waals surface area contributed by atoms with Gasteiger partial charge in [0, 0.05) is 38.6 Å². The number of nitrogens with zero attached hydrogens (tertiary/aromatic N) is 4. The van der Waals surface area contributed by atoms with Crippen LogP contribution in [-0.2, 0) is 0 Å². The van der Waals surface area contributed by atoms with Gasteiger partial charge in [-0.1, -0.05) is 12.8 Å². The van der Waals surface area contributed by atoms with Crippen LogP contribution >= 0.6 is 0 Å². The molecule has 5 nitrogen and oxygen atoms in total. The Morgan fingerprint density at radius 3 is 2.54 bits per heavy atom. The van der Waals surface area contributed by atoms with Gasteiger partial charge in [0.05, 0.1) is 0 Å².